The first-order valence-electron chi connectivity index (χ1n) is 10.4. The van der Waals surface area contributed by atoms with Crippen LogP contribution >= 0.6 is 0 Å². The second kappa shape index (κ2) is 9.86. The topological polar surface area (TPSA) is 111 Å². The van der Waals surface area contributed by atoms with E-state index in [1.165, 1.54) is 17.6 Å². The second-order valence-corrected chi connectivity index (χ2v) is 7.48. The largest absolute Gasteiger partial charge is 0.487 e. The molecular formula is C25H22N4O5. The van der Waals surface area contributed by atoms with Gasteiger partial charge in [-0.05, 0) is 55.0 Å². The number of urea groups is 1. The Morgan fingerprint density at radius 1 is 0.971 bits per heavy atom. The first-order valence-corrected chi connectivity index (χ1v) is 10.4. The summed E-state index contributed by atoms with van der Waals surface area (Å²) in [6, 6.07) is 17.8. The molecule has 0 bridgehead atoms. The molecule has 2 aromatic heterocycles. The average Bonchev–Trinajstić information content (AvgIpc) is 2.83. The van der Waals surface area contributed by atoms with Gasteiger partial charge in [-0.2, -0.15) is 0 Å². The molecule has 4 aromatic rings. The average molecular weight is 458 g/mol. The van der Waals surface area contributed by atoms with Crippen molar-refractivity contribution in [1.82, 2.24) is 9.38 Å². The van der Waals surface area contributed by atoms with Gasteiger partial charge in [0.15, 0.2) is 0 Å². The van der Waals surface area contributed by atoms with Crippen LogP contribution in [0.1, 0.15) is 21.6 Å². The van der Waals surface area contributed by atoms with Gasteiger partial charge in [-0.3, -0.25) is 9.20 Å². The Labute approximate surface area is 195 Å². The van der Waals surface area contributed by atoms with E-state index in [2.05, 4.69) is 20.4 Å². The number of carbonyl (C=O) groups excluding carboxylic acids is 2. The first-order chi connectivity index (χ1) is 16.4. The van der Waals surface area contributed by atoms with Crippen LogP contribution < -0.4 is 20.9 Å². The number of nitrogens with one attached hydrogen (secondary N) is 2. The summed E-state index contributed by atoms with van der Waals surface area (Å²) in [5.41, 5.74) is 3.25. The van der Waals surface area contributed by atoms with Crippen molar-refractivity contribution in [1.29, 1.82) is 0 Å². The zero-order chi connectivity index (χ0) is 24.1. The molecule has 0 aliphatic heterocycles. The molecule has 2 N–H and O–H groups in total. The summed E-state index contributed by atoms with van der Waals surface area (Å²) < 4.78 is 11.9. The number of amides is 2. The maximum atomic E-state index is 12.3. The van der Waals surface area contributed by atoms with E-state index in [-0.39, 0.29) is 12.2 Å². The van der Waals surface area contributed by atoms with E-state index in [0.717, 1.165) is 5.56 Å². The summed E-state index contributed by atoms with van der Waals surface area (Å²) >= 11 is 0. The summed E-state index contributed by atoms with van der Waals surface area (Å²) in [5.74, 6) is 0.0539. The number of nitrogens with zero attached hydrogens (tertiary/aromatic N) is 2. The summed E-state index contributed by atoms with van der Waals surface area (Å²) in [4.78, 5) is 40.6. The number of ether oxygens (including phenoxy) is 2. The number of rotatable bonds is 6. The molecule has 0 saturated carbocycles. The molecular weight excluding hydrogens is 436 g/mol. The van der Waals surface area contributed by atoms with E-state index >= 15 is 0 Å². The van der Waals surface area contributed by atoms with E-state index < -0.39 is 12.0 Å². The van der Waals surface area contributed by atoms with Crippen molar-refractivity contribution in [3.63, 3.8) is 0 Å². The van der Waals surface area contributed by atoms with Crippen LogP contribution in [-0.2, 0) is 11.3 Å². The number of fused-ring (bicyclic) bond motifs is 1. The third kappa shape index (κ3) is 5.39. The van der Waals surface area contributed by atoms with E-state index in [4.69, 9.17) is 4.74 Å². The Bertz CT molecular complexity index is 1410. The molecule has 2 aromatic carbocycles. The SMILES string of the molecule is COC(=O)c1ccc(NC(=O)Nc2cccc(OCc3cc(=O)n4cc(C)ccc4n3)c2)cc1. The van der Waals surface area contributed by atoms with Gasteiger partial charge in [-0.25, -0.2) is 14.6 Å². The Morgan fingerprint density at radius 2 is 1.74 bits per heavy atom. The third-order valence-corrected chi connectivity index (χ3v) is 4.90. The zero-order valence-electron chi connectivity index (χ0n) is 18.6. The summed E-state index contributed by atoms with van der Waals surface area (Å²) in [7, 11) is 1.30. The molecule has 34 heavy (non-hydrogen) atoms. The van der Waals surface area contributed by atoms with Gasteiger partial charge in [0, 0.05) is 29.7 Å². The smallest absolute Gasteiger partial charge is 0.337 e. The number of esters is 1. The van der Waals surface area contributed by atoms with Gasteiger partial charge in [0.05, 0.1) is 18.4 Å². The van der Waals surface area contributed by atoms with Gasteiger partial charge in [0.1, 0.15) is 18.0 Å². The van der Waals surface area contributed by atoms with E-state index in [1.807, 2.05) is 13.0 Å². The first kappa shape index (κ1) is 22.5. The van der Waals surface area contributed by atoms with Gasteiger partial charge in [-0.1, -0.05) is 12.1 Å². The lowest BCUT2D eigenvalue weighted by molar-refractivity contribution is 0.0600. The number of hydrogen-bond donors (Lipinski definition) is 2. The number of anilines is 2. The summed E-state index contributed by atoms with van der Waals surface area (Å²) in [5, 5.41) is 5.41. The fourth-order valence-electron chi connectivity index (χ4n) is 3.25. The van der Waals surface area contributed by atoms with Gasteiger partial charge in [0.2, 0.25) is 0 Å². The lowest BCUT2D eigenvalue weighted by Crippen LogP contribution is -2.19. The summed E-state index contributed by atoms with van der Waals surface area (Å²) in [6.07, 6.45) is 1.74. The predicted octanol–water partition coefficient (Wildman–Crippen LogP) is 4.01. The minimum atomic E-state index is -0.456. The number of methoxy groups -OCH3 is 1. The molecule has 0 fully saturated rings. The highest BCUT2D eigenvalue weighted by atomic mass is 16.5. The molecule has 0 spiro atoms. The van der Waals surface area contributed by atoms with Crippen molar-refractivity contribution in [2.24, 2.45) is 0 Å². The fourth-order valence-corrected chi connectivity index (χ4v) is 3.25. The van der Waals surface area contributed by atoms with Crippen LogP contribution in [0, 0.1) is 6.92 Å². The lowest BCUT2D eigenvalue weighted by atomic mass is 10.2. The van der Waals surface area contributed by atoms with Gasteiger partial charge < -0.3 is 20.1 Å². The third-order valence-electron chi connectivity index (χ3n) is 4.90. The van der Waals surface area contributed by atoms with Gasteiger partial charge >= 0.3 is 12.0 Å². The Hall–Kier alpha value is -4.66. The van der Waals surface area contributed by atoms with E-state index in [1.54, 1.807) is 60.8 Å². The van der Waals surface area contributed by atoms with Gasteiger partial charge in [-0.15, -0.1) is 0 Å². The molecule has 2 heterocycles. The number of carbonyl (C=O) groups is 2. The van der Waals surface area contributed by atoms with Crippen LogP contribution in [-0.4, -0.2) is 28.5 Å². The summed E-state index contributed by atoms with van der Waals surface area (Å²) in [6.45, 7) is 2.01. The number of aromatic nitrogens is 2. The van der Waals surface area contributed by atoms with Crippen molar-refractivity contribution in [2.45, 2.75) is 13.5 Å². The number of hydrogen-bond acceptors (Lipinski definition) is 6. The van der Waals surface area contributed by atoms with Crippen molar-refractivity contribution < 1.29 is 19.1 Å². The Balaban J connectivity index is 1.38. The molecule has 0 atom stereocenters. The Kier molecular flexibility index (Phi) is 6.54. The standard InChI is InChI=1S/C25H22N4O5/c1-16-6-11-22-26-20(13-23(30)29(22)14-16)15-34-21-5-3-4-19(12-21)28-25(32)27-18-9-7-17(8-10-18)24(31)33-2/h3-14H,15H2,1-2H3,(H2,27,28,32). The van der Waals surface area contributed by atoms with Crippen molar-refractivity contribution in [2.75, 3.05) is 17.7 Å². The second-order valence-electron chi connectivity index (χ2n) is 7.48. The fraction of sp³-hybridized carbons (Fsp3) is 0.120. The quantitative estimate of drug-likeness (QED) is 0.422. The molecule has 0 radical (unpaired) electrons. The molecule has 9 nitrogen and oxygen atoms in total. The maximum absolute atomic E-state index is 12.3. The van der Waals surface area contributed by atoms with Crippen LogP contribution in [0.2, 0.25) is 0 Å². The Morgan fingerprint density at radius 3 is 2.50 bits per heavy atom. The normalized spacial score (nSPS) is 10.5. The van der Waals surface area contributed by atoms with E-state index in [9.17, 15) is 14.4 Å². The van der Waals surface area contributed by atoms with Crippen LogP contribution in [0.25, 0.3) is 5.65 Å². The minimum Gasteiger partial charge on any atom is -0.487 e. The highest BCUT2D eigenvalue weighted by Gasteiger charge is 2.08. The molecule has 2 amide bonds. The maximum Gasteiger partial charge on any atom is 0.337 e. The van der Waals surface area contributed by atoms with Crippen LogP contribution in [0.15, 0.2) is 77.7 Å². The zero-order valence-corrected chi connectivity index (χ0v) is 18.6. The van der Waals surface area contributed by atoms with Gasteiger partial charge in [0.25, 0.3) is 5.56 Å². The van der Waals surface area contributed by atoms with Crippen molar-refractivity contribution in [3.05, 3.63) is 100 Å². The van der Waals surface area contributed by atoms with Crippen molar-refractivity contribution >= 4 is 29.0 Å². The van der Waals surface area contributed by atoms with Crippen molar-refractivity contribution in [3.8, 4) is 5.75 Å². The molecule has 0 saturated heterocycles. The molecule has 172 valence electrons. The van der Waals surface area contributed by atoms with Crippen LogP contribution in [0.5, 0.6) is 5.75 Å². The number of pyridine rings is 1. The lowest BCUT2D eigenvalue weighted by Gasteiger charge is -2.11. The molecule has 0 aliphatic carbocycles. The highest BCUT2D eigenvalue weighted by Crippen LogP contribution is 2.19. The van der Waals surface area contributed by atoms with Crippen LogP contribution in [0.3, 0.4) is 0 Å². The minimum absolute atomic E-state index is 0.0990. The molecule has 0 unspecified atom stereocenters. The molecule has 0 aliphatic rings. The predicted molar refractivity (Wildman–Crippen MR) is 127 cm³/mol. The molecule has 4 rings (SSSR count). The number of aryl methyl sites for hydroxylation is 1. The monoisotopic (exact) mass is 458 g/mol. The number of benzene rings is 2. The highest BCUT2D eigenvalue weighted by molar-refractivity contribution is 6.00. The van der Waals surface area contributed by atoms with E-state index in [0.29, 0.717) is 34.0 Å². The van der Waals surface area contributed by atoms with Crippen LogP contribution in [0.4, 0.5) is 16.2 Å². The molecule has 9 heteroatoms.